The molecule has 0 aromatic carbocycles. The van der Waals surface area contributed by atoms with Crippen LogP contribution in [0.15, 0.2) is 6.20 Å². The van der Waals surface area contributed by atoms with Crippen LogP contribution in [0.1, 0.15) is 13.8 Å². The Labute approximate surface area is 80.5 Å². The molecule has 1 heterocycles. The molecule has 1 aromatic rings. The topological polar surface area (TPSA) is 61.0 Å². The highest BCUT2D eigenvalue weighted by Gasteiger charge is 2.18. The zero-order valence-electron chi connectivity index (χ0n) is 7.40. The second-order valence-electron chi connectivity index (χ2n) is 3.15. The molecule has 72 valence electrons. The predicted molar refractivity (Wildman–Crippen MR) is 48.7 cm³/mol. The first-order valence-corrected chi connectivity index (χ1v) is 4.26. The summed E-state index contributed by atoms with van der Waals surface area (Å²) in [6.45, 7) is 4.57. The van der Waals surface area contributed by atoms with Crippen LogP contribution in [0.4, 0.5) is 5.69 Å². The van der Waals surface area contributed by atoms with E-state index in [2.05, 4.69) is 5.10 Å². The van der Waals surface area contributed by atoms with Crippen LogP contribution < -0.4 is 0 Å². The average molecular weight is 204 g/mol. The van der Waals surface area contributed by atoms with E-state index in [1.807, 2.05) is 13.8 Å². The Bertz CT molecular complexity index is 322. The molecule has 13 heavy (non-hydrogen) atoms. The average Bonchev–Trinajstić information content (AvgIpc) is 2.32. The molecule has 0 aliphatic rings. The SMILES string of the molecule is CC(C)Cn1ncc([N+](=O)[O-])c1Cl. The van der Waals surface area contributed by atoms with Gasteiger partial charge >= 0.3 is 5.69 Å². The quantitative estimate of drug-likeness (QED) is 0.558. The van der Waals surface area contributed by atoms with Crippen molar-refractivity contribution in [1.82, 2.24) is 9.78 Å². The van der Waals surface area contributed by atoms with Gasteiger partial charge in [0.25, 0.3) is 0 Å². The molecule has 0 saturated heterocycles. The van der Waals surface area contributed by atoms with Gasteiger partial charge in [0.05, 0.1) is 4.92 Å². The molecule has 6 heteroatoms. The highest BCUT2D eigenvalue weighted by Crippen LogP contribution is 2.23. The molecule has 0 fully saturated rings. The lowest BCUT2D eigenvalue weighted by atomic mass is 10.2. The highest BCUT2D eigenvalue weighted by atomic mass is 35.5. The van der Waals surface area contributed by atoms with E-state index in [0.29, 0.717) is 12.5 Å². The van der Waals surface area contributed by atoms with E-state index in [4.69, 9.17) is 11.6 Å². The van der Waals surface area contributed by atoms with E-state index in [9.17, 15) is 10.1 Å². The molecule has 5 nitrogen and oxygen atoms in total. The van der Waals surface area contributed by atoms with Crippen molar-refractivity contribution in [3.8, 4) is 0 Å². The molecule has 0 radical (unpaired) electrons. The summed E-state index contributed by atoms with van der Waals surface area (Å²) in [5.41, 5.74) is -0.137. The maximum absolute atomic E-state index is 10.4. The normalized spacial score (nSPS) is 10.8. The van der Waals surface area contributed by atoms with Crippen molar-refractivity contribution in [3.63, 3.8) is 0 Å². The monoisotopic (exact) mass is 203 g/mol. The van der Waals surface area contributed by atoms with Crippen molar-refractivity contribution in [3.05, 3.63) is 21.5 Å². The summed E-state index contributed by atoms with van der Waals surface area (Å²) in [6.07, 6.45) is 1.17. The van der Waals surface area contributed by atoms with E-state index in [1.54, 1.807) is 0 Å². The Morgan fingerprint density at radius 3 is 2.77 bits per heavy atom. The van der Waals surface area contributed by atoms with Crippen LogP contribution >= 0.6 is 11.6 Å². The molecule has 0 amide bonds. The number of aromatic nitrogens is 2. The van der Waals surface area contributed by atoms with Crippen LogP contribution in [0.2, 0.25) is 5.15 Å². The third kappa shape index (κ3) is 2.18. The van der Waals surface area contributed by atoms with Gasteiger partial charge < -0.3 is 0 Å². The van der Waals surface area contributed by atoms with Gasteiger partial charge in [-0.05, 0) is 5.92 Å². The molecule has 0 aliphatic heterocycles. The second-order valence-corrected chi connectivity index (χ2v) is 3.51. The van der Waals surface area contributed by atoms with Crippen LogP contribution in [-0.2, 0) is 6.54 Å². The van der Waals surface area contributed by atoms with Crippen molar-refractivity contribution >= 4 is 17.3 Å². The number of hydrogen-bond acceptors (Lipinski definition) is 3. The van der Waals surface area contributed by atoms with E-state index in [-0.39, 0.29) is 10.8 Å². The molecule has 1 aromatic heterocycles. The fraction of sp³-hybridized carbons (Fsp3) is 0.571. The first-order chi connectivity index (χ1) is 6.02. The summed E-state index contributed by atoms with van der Waals surface area (Å²) < 4.78 is 1.43. The molecule has 0 aliphatic carbocycles. The Morgan fingerprint density at radius 2 is 2.38 bits per heavy atom. The molecule has 0 bridgehead atoms. The summed E-state index contributed by atoms with van der Waals surface area (Å²) in [4.78, 5) is 9.85. The zero-order chi connectivity index (χ0) is 10.0. The van der Waals surface area contributed by atoms with Gasteiger partial charge in [0.2, 0.25) is 5.15 Å². The molecule has 0 atom stereocenters. The maximum Gasteiger partial charge on any atom is 0.325 e. The van der Waals surface area contributed by atoms with Gasteiger partial charge in [0.15, 0.2) is 0 Å². The summed E-state index contributed by atoms with van der Waals surface area (Å²) in [5.74, 6) is 0.358. The first-order valence-electron chi connectivity index (χ1n) is 3.88. The second kappa shape index (κ2) is 3.74. The fourth-order valence-electron chi connectivity index (χ4n) is 0.956. The lowest BCUT2D eigenvalue weighted by molar-refractivity contribution is -0.384. The molecule has 0 spiro atoms. The molecule has 0 unspecified atom stereocenters. The maximum atomic E-state index is 10.4. The summed E-state index contributed by atoms with van der Waals surface area (Å²) >= 11 is 5.72. The van der Waals surface area contributed by atoms with Crippen molar-refractivity contribution in [1.29, 1.82) is 0 Å². The lowest BCUT2D eigenvalue weighted by Crippen LogP contribution is -2.05. The molecule has 1 rings (SSSR count). The standard InChI is InChI=1S/C7H10ClN3O2/c1-5(2)4-10-7(8)6(3-9-10)11(12)13/h3,5H,4H2,1-2H3. The van der Waals surface area contributed by atoms with E-state index < -0.39 is 4.92 Å². The summed E-state index contributed by atoms with van der Waals surface area (Å²) in [7, 11) is 0. The van der Waals surface area contributed by atoms with Crippen LogP contribution in [0, 0.1) is 16.0 Å². The zero-order valence-corrected chi connectivity index (χ0v) is 8.15. The van der Waals surface area contributed by atoms with Crippen molar-refractivity contribution < 1.29 is 4.92 Å². The lowest BCUT2D eigenvalue weighted by Gasteiger charge is -2.04. The van der Waals surface area contributed by atoms with E-state index >= 15 is 0 Å². The van der Waals surface area contributed by atoms with Gasteiger partial charge in [-0.15, -0.1) is 0 Å². The van der Waals surface area contributed by atoms with Gasteiger partial charge in [-0.1, -0.05) is 25.4 Å². The van der Waals surface area contributed by atoms with Crippen LogP contribution in [0.25, 0.3) is 0 Å². The Kier molecular flexibility index (Phi) is 2.87. The van der Waals surface area contributed by atoms with Gasteiger partial charge in [-0.3, -0.25) is 10.1 Å². The molecular weight excluding hydrogens is 194 g/mol. The fourth-order valence-corrected chi connectivity index (χ4v) is 1.19. The Balaban J connectivity index is 2.93. The summed E-state index contributed by atoms with van der Waals surface area (Å²) in [6, 6.07) is 0. The number of halogens is 1. The molecular formula is C7H10ClN3O2. The van der Waals surface area contributed by atoms with Crippen LogP contribution in [0.5, 0.6) is 0 Å². The third-order valence-corrected chi connectivity index (χ3v) is 1.88. The summed E-state index contributed by atoms with van der Waals surface area (Å²) in [5, 5.41) is 14.3. The van der Waals surface area contributed by atoms with Gasteiger partial charge in [-0.25, -0.2) is 4.68 Å². The van der Waals surface area contributed by atoms with Crippen molar-refractivity contribution in [2.75, 3.05) is 0 Å². The number of nitro groups is 1. The van der Waals surface area contributed by atoms with Gasteiger partial charge in [-0.2, -0.15) is 5.10 Å². The van der Waals surface area contributed by atoms with Crippen molar-refractivity contribution in [2.45, 2.75) is 20.4 Å². The number of hydrogen-bond donors (Lipinski definition) is 0. The van der Waals surface area contributed by atoms with Crippen LogP contribution in [-0.4, -0.2) is 14.7 Å². The minimum absolute atomic E-state index is 0.0960. The first kappa shape index (κ1) is 9.98. The predicted octanol–water partition coefficient (Wildman–Crippen LogP) is 2.10. The van der Waals surface area contributed by atoms with Crippen LogP contribution in [0.3, 0.4) is 0 Å². The van der Waals surface area contributed by atoms with Gasteiger partial charge in [0.1, 0.15) is 6.20 Å². The Morgan fingerprint density at radius 1 is 1.77 bits per heavy atom. The minimum Gasteiger partial charge on any atom is -0.258 e. The smallest absolute Gasteiger partial charge is 0.258 e. The minimum atomic E-state index is -0.536. The number of rotatable bonds is 3. The largest absolute Gasteiger partial charge is 0.325 e. The number of nitrogens with zero attached hydrogens (tertiary/aromatic N) is 3. The molecule has 0 saturated carbocycles. The van der Waals surface area contributed by atoms with Crippen molar-refractivity contribution in [2.24, 2.45) is 5.92 Å². The van der Waals surface area contributed by atoms with E-state index in [0.717, 1.165) is 0 Å². The third-order valence-electron chi connectivity index (χ3n) is 1.49. The molecule has 0 N–H and O–H groups in total. The van der Waals surface area contributed by atoms with E-state index in [1.165, 1.54) is 10.9 Å². The van der Waals surface area contributed by atoms with Gasteiger partial charge in [0, 0.05) is 6.54 Å². The highest BCUT2D eigenvalue weighted by molar-refractivity contribution is 6.31. The Hall–Kier alpha value is -1.10.